The third kappa shape index (κ3) is 8.64. The zero-order valence-corrected chi connectivity index (χ0v) is 20.9. The minimum absolute atomic E-state index is 0.0152. The summed E-state index contributed by atoms with van der Waals surface area (Å²) in [5.41, 5.74) is 1.42. The van der Waals surface area contributed by atoms with Gasteiger partial charge in [-0.2, -0.15) is 0 Å². The fraction of sp³-hybridized carbons (Fsp3) is 0.500. The second-order valence-corrected chi connectivity index (χ2v) is 10.3. The average Bonchev–Trinajstić information content (AvgIpc) is 3.27. The van der Waals surface area contributed by atoms with E-state index in [9.17, 15) is 18.4 Å². The first-order chi connectivity index (χ1) is 16.6. The van der Waals surface area contributed by atoms with Crippen molar-refractivity contribution in [3.05, 3.63) is 71.3 Å². The molecule has 5 nitrogen and oxygen atoms in total. The zero-order chi connectivity index (χ0) is 25.4. The van der Waals surface area contributed by atoms with Gasteiger partial charge in [-0.05, 0) is 81.3 Å². The summed E-state index contributed by atoms with van der Waals surface area (Å²) >= 11 is 0. The van der Waals surface area contributed by atoms with Gasteiger partial charge < -0.3 is 15.0 Å². The van der Waals surface area contributed by atoms with Crippen molar-refractivity contribution in [2.45, 2.75) is 64.4 Å². The van der Waals surface area contributed by atoms with Crippen LogP contribution < -0.4 is 5.32 Å². The first-order valence-corrected chi connectivity index (χ1v) is 12.4. The number of amides is 2. The molecule has 0 aliphatic carbocycles. The van der Waals surface area contributed by atoms with E-state index in [1.807, 2.05) is 25.7 Å². The van der Waals surface area contributed by atoms with Gasteiger partial charge >= 0.3 is 6.09 Å². The first kappa shape index (κ1) is 26.6. The number of hydrogen-bond acceptors (Lipinski definition) is 3. The maximum atomic E-state index is 13.4. The quantitative estimate of drug-likeness (QED) is 0.440. The second-order valence-electron chi connectivity index (χ2n) is 10.3. The second kappa shape index (κ2) is 12.1. The lowest BCUT2D eigenvalue weighted by atomic mass is 9.87. The summed E-state index contributed by atoms with van der Waals surface area (Å²) in [4.78, 5) is 26.4. The predicted molar refractivity (Wildman–Crippen MR) is 132 cm³/mol. The molecule has 1 N–H and O–H groups in total. The van der Waals surface area contributed by atoms with Gasteiger partial charge in [-0.15, -0.1) is 0 Å². The van der Waals surface area contributed by atoms with E-state index >= 15 is 0 Å². The Morgan fingerprint density at radius 2 is 1.57 bits per heavy atom. The number of ether oxygens (including phenoxy) is 1. The fourth-order valence-electron chi connectivity index (χ4n) is 4.47. The van der Waals surface area contributed by atoms with Crippen LogP contribution in [-0.4, -0.2) is 42.1 Å². The molecule has 1 atom stereocenters. The Labute approximate surface area is 206 Å². The summed E-state index contributed by atoms with van der Waals surface area (Å²) < 4.78 is 32.1. The number of nitrogens with one attached hydrogen (secondary N) is 1. The zero-order valence-electron chi connectivity index (χ0n) is 20.9. The van der Waals surface area contributed by atoms with E-state index in [1.54, 1.807) is 24.3 Å². The molecule has 190 valence electrons. The minimum Gasteiger partial charge on any atom is -0.444 e. The van der Waals surface area contributed by atoms with Crippen LogP contribution in [0.4, 0.5) is 13.6 Å². The molecule has 0 bridgehead atoms. The molecule has 1 aliphatic rings. The van der Waals surface area contributed by atoms with Crippen LogP contribution in [0.3, 0.4) is 0 Å². The Morgan fingerprint density at radius 3 is 2.11 bits per heavy atom. The van der Waals surface area contributed by atoms with E-state index in [2.05, 4.69) is 5.32 Å². The van der Waals surface area contributed by atoms with Crippen molar-refractivity contribution in [3.8, 4) is 0 Å². The number of halogens is 2. The van der Waals surface area contributed by atoms with Crippen molar-refractivity contribution in [2.24, 2.45) is 5.92 Å². The van der Waals surface area contributed by atoms with Crippen LogP contribution in [0.1, 0.15) is 69.9 Å². The molecule has 0 aromatic heterocycles. The van der Waals surface area contributed by atoms with Crippen LogP contribution in [0.15, 0.2) is 48.5 Å². The van der Waals surface area contributed by atoms with E-state index in [1.165, 1.54) is 24.3 Å². The molecule has 1 aliphatic heterocycles. The SMILES string of the molecule is CC(C)(C)OC(=O)NCC1CCN(C(=O)CCCCC(c2ccc(F)cc2)c2ccc(F)cc2)C1. The maximum absolute atomic E-state index is 13.4. The molecule has 35 heavy (non-hydrogen) atoms. The Bertz CT molecular complexity index is 926. The van der Waals surface area contributed by atoms with Gasteiger partial charge in [-0.1, -0.05) is 30.7 Å². The Balaban J connectivity index is 1.44. The highest BCUT2D eigenvalue weighted by atomic mass is 19.1. The summed E-state index contributed by atoms with van der Waals surface area (Å²) in [5.74, 6) is -0.205. The van der Waals surface area contributed by atoms with Crippen LogP contribution in [-0.2, 0) is 9.53 Å². The number of rotatable bonds is 9. The van der Waals surface area contributed by atoms with Crippen molar-refractivity contribution in [1.29, 1.82) is 0 Å². The Morgan fingerprint density at radius 1 is 1.00 bits per heavy atom. The van der Waals surface area contributed by atoms with Crippen LogP contribution in [0.25, 0.3) is 0 Å². The molecule has 2 aromatic rings. The molecule has 3 rings (SSSR count). The molecule has 0 spiro atoms. The van der Waals surface area contributed by atoms with Gasteiger partial charge in [0.25, 0.3) is 0 Å². The van der Waals surface area contributed by atoms with Gasteiger partial charge in [0.2, 0.25) is 5.91 Å². The summed E-state index contributed by atoms with van der Waals surface area (Å²) in [5, 5.41) is 2.80. The number of hydrogen-bond donors (Lipinski definition) is 1. The summed E-state index contributed by atoms with van der Waals surface area (Å²) in [6.45, 7) is 7.31. The van der Waals surface area contributed by atoms with Gasteiger partial charge in [0.05, 0.1) is 0 Å². The Hall–Kier alpha value is -2.96. The third-order valence-electron chi connectivity index (χ3n) is 6.25. The summed E-state index contributed by atoms with van der Waals surface area (Å²) in [7, 11) is 0. The maximum Gasteiger partial charge on any atom is 0.407 e. The van der Waals surface area contributed by atoms with E-state index < -0.39 is 11.7 Å². The molecule has 1 fully saturated rings. The molecule has 0 saturated carbocycles. The molecule has 1 unspecified atom stereocenters. The van der Waals surface area contributed by atoms with Crippen molar-refractivity contribution in [3.63, 3.8) is 0 Å². The van der Waals surface area contributed by atoms with Gasteiger partial charge in [0.1, 0.15) is 17.2 Å². The highest BCUT2D eigenvalue weighted by molar-refractivity contribution is 5.76. The molecule has 2 amide bonds. The van der Waals surface area contributed by atoms with Crippen molar-refractivity contribution < 1.29 is 23.1 Å². The molecule has 1 saturated heterocycles. The number of nitrogens with zero attached hydrogens (tertiary/aromatic N) is 1. The van der Waals surface area contributed by atoms with Gasteiger partial charge in [0.15, 0.2) is 0 Å². The number of benzene rings is 2. The van der Waals surface area contributed by atoms with E-state index in [-0.39, 0.29) is 29.4 Å². The molecule has 0 radical (unpaired) electrons. The van der Waals surface area contributed by atoms with Crippen molar-refractivity contribution in [1.82, 2.24) is 10.2 Å². The number of alkyl carbamates (subject to hydrolysis) is 1. The fourth-order valence-corrected chi connectivity index (χ4v) is 4.47. The average molecular weight is 487 g/mol. The smallest absolute Gasteiger partial charge is 0.407 e. The number of unbranched alkanes of at least 4 members (excludes halogenated alkanes) is 1. The van der Waals surface area contributed by atoms with Crippen molar-refractivity contribution in [2.75, 3.05) is 19.6 Å². The molecule has 7 heteroatoms. The lowest BCUT2D eigenvalue weighted by Gasteiger charge is -2.21. The number of carbonyl (C=O) groups is 2. The van der Waals surface area contributed by atoms with Crippen LogP contribution in [0, 0.1) is 17.6 Å². The van der Waals surface area contributed by atoms with Gasteiger partial charge in [-0.25, -0.2) is 13.6 Å². The number of likely N-dealkylation sites (tertiary alicyclic amines) is 1. The van der Waals surface area contributed by atoms with Gasteiger partial charge in [0, 0.05) is 32.0 Å². The largest absolute Gasteiger partial charge is 0.444 e. The molecular formula is C28H36F2N2O3. The summed E-state index contributed by atoms with van der Waals surface area (Å²) in [6, 6.07) is 12.8. The van der Waals surface area contributed by atoms with E-state index in [4.69, 9.17) is 4.74 Å². The van der Waals surface area contributed by atoms with Crippen molar-refractivity contribution >= 4 is 12.0 Å². The lowest BCUT2D eigenvalue weighted by molar-refractivity contribution is -0.130. The third-order valence-corrected chi connectivity index (χ3v) is 6.25. The van der Waals surface area contributed by atoms with E-state index in [0.717, 1.165) is 36.8 Å². The van der Waals surface area contributed by atoms with Gasteiger partial charge in [-0.3, -0.25) is 4.79 Å². The van der Waals surface area contributed by atoms with E-state index in [0.29, 0.717) is 26.1 Å². The predicted octanol–water partition coefficient (Wildman–Crippen LogP) is 6.03. The van der Waals surface area contributed by atoms with Crippen LogP contribution >= 0.6 is 0 Å². The monoisotopic (exact) mass is 486 g/mol. The highest BCUT2D eigenvalue weighted by Crippen LogP contribution is 2.30. The molecule has 2 aromatic carbocycles. The lowest BCUT2D eigenvalue weighted by Crippen LogP contribution is -2.36. The minimum atomic E-state index is -0.534. The normalized spacial score (nSPS) is 15.9. The molecule has 1 heterocycles. The Kier molecular flexibility index (Phi) is 9.24. The standard InChI is InChI=1S/C28H36F2N2O3/c1-28(2,3)35-27(34)31-18-20-16-17-32(19-20)26(33)7-5-4-6-25(21-8-12-23(29)13-9-21)22-10-14-24(30)15-11-22/h8-15,20,25H,4-7,16-19H2,1-3H3,(H,31,34). The number of carbonyl (C=O) groups excluding carboxylic acids is 2. The highest BCUT2D eigenvalue weighted by Gasteiger charge is 2.27. The molecular weight excluding hydrogens is 450 g/mol. The first-order valence-electron chi connectivity index (χ1n) is 12.4. The topological polar surface area (TPSA) is 58.6 Å². The van der Waals surface area contributed by atoms with Crippen LogP contribution in [0.2, 0.25) is 0 Å². The van der Waals surface area contributed by atoms with Crippen LogP contribution in [0.5, 0.6) is 0 Å². The summed E-state index contributed by atoms with van der Waals surface area (Å²) in [6.07, 6.45) is 3.24.